The first-order valence-electron chi connectivity index (χ1n) is 3.74. The van der Waals surface area contributed by atoms with Crippen LogP contribution in [0, 0.1) is 6.92 Å². The Bertz CT molecular complexity index is 221. The largest absolute Gasteiger partial charge is 0.772 e. The van der Waals surface area contributed by atoms with Crippen LogP contribution in [-0.2, 0) is 11.1 Å². The summed E-state index contributed by atoms with van der Waals surface area (Å²) in [5.74, 6) is 0.222. The predicted octanol–water partition coefficient (Wildman–Crippen LogP) is 1.88. The Morgan fingerprint density at radius 1 is 1.33 bits per heavy atom. The Hall–Kier alpha value is -0.670. The molecule has 0 saturated heterocycles. The Morgan fingerprint density at radius 3 is 1.92 bits per heavy atom. The fourth-order valence-electron chi connectivity index (χ4n) is 0.534. The van der Waals surface area contributed by atoms with Crippen molar-refractivity contribution < 1.29 is 8.76 Å². The lowest BCUT2D eigenvalue weighted by Crippen LogP contribution is -1.85. The Balaban J connectivity index is 0.000000217. The van der Waals surface area contributed by atoms with Crippen LogP contribution < -0.4 is 0 Å². The van der Waals surface area contributed by atoms with Crippen molar-refractivity contribution in [1.82, 2.24) is 0 Å². The minimum atomic E-state index is -1.82. The van der Waals surface area contributed by atoms with Crippen molar-refractivity contribution in [2.24, 2.45) is 0 Å². The highest BCUT2D eigenvalue weighted by atomic mass is 32.2. The maximum absolute atomic E-state index is 9.37. The van der Waals surface area contributed by atoms with Crippen molar-refractivity contribution in [3.8, 4) is 0 Å². The minimum absolute atomic E-state index is 0.222. The summed E-state index contributed by atoms with van der Waals surface area (Å²) in [4.78, 5) is 0. The fraction of sp³-hybridized carbons (Fsp3) is 0.333. The van der Waals surface area contributed by atoms with Gasteiger partial charge in [0, 0.05) is 5.75 Å². The molecule has 1 unspecified atom stereocenters. The second-order valence-corrected chi connectivity index (χ2v) is 3.43. The summed E-state index contributed by atoms with van der Waals surface area (Å²) < 4.78 is 18.7. The first-order valence-corrected chi connectivity index (χ1v) is 4.98. The van der Waals surface area contributed by atoms with Gasteiger partial charge in [-0.3, -0.25) is 4.21 Å². The van der Waals surface area contributed by atoms with Crippen LogP contribution in [0.5, 0.6) is 0 Å². The third kappa shape index (κ3) is 7.44. The third-order valence-corrected chi connectivity index (χ3v) is 1.65. The van der Waals surface area contributed by atoms with E-state index in [1.807, 2.05) is 18.2 Å². The Morgan fingerprint density at radius 2 is 1.75 bits per heavy atom. The average molecular weight is 185 g/mol. The second-order valence-electron chi connectivity index (χ2n) is 2.25. The molecular weight excluding hydrogens is 172 g/mol. The number of hydrogen-bond donors (Lipinski definition) is 0. The summed E-state index contributed by atoms with van der Waals surface area (Å²) in [6.07, 6.45) is 0. The van der Waals surface area contributed by atoms with Gasteiger partial charge < -0.3 is 4.55 Å². The molecule has 3 heteroatoms. The standard InChI is InChI=1S/C7H8.C2H6O2S/c1-7-5-3-2-4-6-7;1-2-5(3)4/h2-6H,1H3;2H2,1H3,(H,3,4)/p-1. The van der Waals surface area contributed by atoms with Gasteiger partial charge in [0.25, 0.3) is 0 Å². The number of aryl methyl sites for hydroxylation is 1. The number of hydrogen-bond acceptors (Lipinski definition) is 2. The van der Waals surface area contributed by atoms with Gasteiger partial charge in [0.2, 0.25) is 0 Å². The van der Waals surface area contributed by atoms with E-state index in [2.05, 4.69) is 19.1 Å². The SMILES string of the molecule is CCS(=O)[O-].Cc1ccccc1. The zero-order valence-electron chi connectivity index (χ0n) is 7.32. The summed E-state index contributed by atoms with van der Waals surface area (Å²) in [6.45, 7) is 3.67. The molecule has 1 aromatic carbocycles. The average Bonchev–Trinajstić information content (AvgIpc) is 2.07. The second kappa shape index (κ2) is 7.00. The molecule has 0 aliphatic carbocycles. The monoisotopic (exact) mass is 185 g/mol. The van der Waals surface area contributed by atoms with Crippen LogP contribution in [0.2, 0.25) is 0 Å². The highest BCUT2D eigenvalue weighted by molar-refractivity contribution is 7.79. The van der Waals surface area contributed by atoms with Crippen LogP contribution in [-0.4, -0.2) is 14.5 Å². The highest BCUT2D eigenvalue weighted by Gasteiger charge is 1.72. The molecule has 0 amide bonds. The zero-order valence-corrected chi connectivity index (χ0v) is 8.14. The van der Waals surface area contributed by atoms with Gasteiger partial charge in [-0.05, 0) is 6.92 Å². The molecule has 1 atom stereocenters. The predicted molar refractivity (Wildman–Crippen MR) is 50.6 cm³/mol. The van der Waals surface area contributed by atoms with Crippen LogP contribution >= 0.6 is 0 Å². The van der Waals surface area contributed by atoms with Crippen molar-refractivity contribution in [1.29, 1.82) is 0 Å². The van der Waals surface area contributed by atoms with E-state index in [4.69, 9.17) is 0 Å². The summed E-state index contributed by atoms with van der Waals surface area (Å²) in [5, 5.41) is 0. The number of benzene rings is 1. The van der Waals surface area contributed by atoms with E-state index >= 15 is 0 Å². The Kier molecular flexibility index (Phi) is 6.61. The van der Waals surface area contributed by atoms with E-state index in [1.54, 1.807) is 6.92 Å². The minimum Gasteiger partial charge on any atom is -0.772 e. The van der Waals surface area contributed by atoms with Gasteiger partial charge in [-0.25, -0.2) is 0 Å². The molecule has 0 fully saturated rings. The molecule has 0 aliphatic rings. The zero-order chi connectivity index (χ0) is 9.40. The summed E-state index contributed by atoms with van der Waals surface area (Å²) in [6, 6.07) is 10.3. The maximum Gasteiger partial charge on any atom is 0.00731 e. The third-order valence-electron chi connectivity index (χ3n) is 1.18. The van der Waals surface area contributed by atoms with Crippen molar-refractivity contribution >= 4 is 11.1 Å². The smallest absolute Gasteiger partial charge is 0.00731 e. The van der Waals surface area contributed by atoms with Gasteiger partial charge in [-0.15, -0.1) is 0 Å². The van der Waals surface area contributed by atoms with E-state index in [-0.39, 0.29) is 5.75 Å². The lowest BCUT2D eigenvalue weighted by Gasteiger charge is -1.93. The molecule has 0 aromatic heterocycles. The normalized spacial score (nSPS) is 11.2. The maximum atomic E-state index is 9.37. The van der Waals surface area contributed by atoms with E-state index in [1.165, 1.54) is 5.56 Å². The van der Waals surface area contributed by atoms with Crippen LogP contribution in [0.4, 0.5) is 0 Å². The molecule has 12 heavy (non-hydrogen) atoms. The summed E-state index contributed by atoms with van der Waals surface area (Å²) in [7, 11) is 0. The fourth-order valence-corrected chi connectivity index (χ4v) is 0.534. The van der Waals surface area contributed by atoms with Crippen molar-refractivity contribution in [2.75, 3.05) is 5.75 Å². The van der Waals surface area contributed by atoms with Gasteiger partial charge in [-0.1, -0.05) is 53.9 Å². The van der Waals surface area contributed by atoms with Gasteiger partial charge in [-0.2, -0.15) is 0 Å². The summed E-state index contributed by atoms with van der Waals surface area (Å²) >= 11 is -1.82. The molecule has 0 radical (unpaired) electrons. The number of rotatable bonds is 1. The lowest BCUT2D eigenvalue weighted by molar-refractivity contribution is 0.538. The van der Waals surface area contributed by atoms with Gasteiger partial charge in [0.05, 0.1) is 0 Å². The highest BCUT2D eigenvalue weighted by Crippen LogP contribution is 1.92. The van der Waals surface area contributed by atoms with Crippen LogP contribution in [0.15, 0.2) is 30.3 Å². The molecule has 0 heterocycles. The van der Waals surface area contributed by atoms with Gasteiger partial charge in [0.15, 0.2) is 0 Å². The van der Waals surface area contributed by atoms with Crippen molar-refractivity contribution in [3.05, 3.63) is 35.9 Å². The molecule has 1 aromatic rings. The van der Waals surface area contributed by atoms with E-state index in [0.29, 0.717) is 0 Å². The lowest BCUT2D eigenvalue weighted by atomic mass is 10.2. The molecule has 0 saturated carbocycles. The van der Waals surface area contributed by atoms with Crippen molar-refractivity contribution in [3.63, 3.8) is 0 Å². The van der Waals surface area contributed by atoms with Crippen LogP contribution in [0.1, 0.15) is 12.5 Å². The van der Waals surface area contributed by atoms with E-state index in [9.17, 15) is 8.76 Å². The first-order chi connectivity index (χ1) is 5.66. The van der Waals surface area contributed by atoms with E-state index in [0.717, 1.165) is 0 Å². The topological polar surface area (TPSA) is 40.1 Å². The first kappa shape index (κ1) is 11.3. The molecule has 0 aliphatic heterocycles. The van der Waals surface area contributed by atoms with E-state index < -0.39 is 11.1 Å². The molecule has 1 rings (SSSR count). The molecular formula is C9H13O2S-. The van der Waals surface area contributed by atoms with Crippen LogP contribution in [0.25, 0.3) is 0 Å². The Labute approximate surface area is 75.9 Å². The van der Waals surface area contributed by atoms with Crippen LogP contribution in [0.3, 0.4) is 0 Å². The van der Waals surface area contributed by atoms with Crippen molar-refractivity contribution in [2.45, 2.75) is 13.8 Å². The molecule has 68 valence electrons. The quantitative estimate of drug-likeness (QED) is 0.627. The van der Waals surface area contributed by atoms with Gasteiger partial charge >= 0.3 is 0 Å². The summed E-state index contributed by atoms with van der Waals surface area (Å²) in [5.41, 5.74) is 1.32. The molecule has 0 spiro atoms. The molecule has 2 nitrogen and oxygen atoms in total. The molecule has 0 N–H and O–H groups in total. The van der Waals surface area contributed by atoms with Gasteiger partial charge in [0.1, 0.15) is 0 Å². The molecule has 0 bridgehead atoms.